The van der Waals surface area contributed by atoms with Crippen LogP contribution >= 0.6 is 0 Å². The topological polar surface area (TPSA) is 127 Å². The Labute approximate surface area is 176 Å². The van der Waals surface area contributed by atoms with Crippen LogP contribution in [0.25, 0.3) is 21.8 Å². The zero-order valence-electron chi connectivity index (χ0n) is 16.7. The Morgan fingerprint density at radius 1 is 0.871 bits per heavy atom. The van der Waals surface area contributed by atoms with E-state index >= 15 is 0 Å². The van der Waals surface area contributed by atoms with Gasteiger partial charge in [0.05, 0.1) is 40.6 Å². The average molecular weight is 423 g/mol. The predicted octanol–water partition coefficient (Wildman–Crippen LogP) is 2.63. The van der Waals surface area contributed by atoms with E-state index in [1.54, 1.807) is 6.07 Å². The van der Waals surface area contributed by atoms with E-state index in [0.29, 0.717) is 27.8 Å². The fraction of sp³-hybridized carbons (Fsp3) is 0.273. The fourth-order valence-electron chi connectivity index (χ4n) is 3.56. The molecule has 160 valence electrons. The Hall–Kier alpha value is -3.59. The van der Waals surface area contributed by atoms with E-state index in [2.05, 4.69) is 19.9 Å². The molecule has 2 aromatic heterocycles. The number of halogens is 1. The zero-order valence-corrected chi connectivity index (χ0v) is 16.7. The molecule has 8 nitrogen and oxygen atoms in total. The Balaban J connectivity index is 0.000000166. The normalized spacial score (nSPS) is 18.4. The smallest absolute Gasteiger partial charge is 0.258 e. The molecule has 5 rings (SSSR count). The molecule has 4 aromatic rings. The van der Waals surface area contributed by atoms with Gasteiger partial charge in [0.2, 0.25) is 0 Å². The minimum Gasteiger partial charge on any atom is -0.490 e. The summed E-state index contributed by atoms with van der Waals surface area (Å²) in [5.74, 6) is 0.381. The number of hydrogen-bond donors (Lipinski definition) is 3. The second kappa shape index (κ2) is 9.05. The third-order valence-electron chi connectivity index (χ3n) is 5.24. The van der Waals surface area contributed by atoms with Crippen LogP contribution in [0.3, 0.4) is 0 Å². The van der Waals surface area contributed by atoms with Gasteiger partial charge in [-0.1, -0.05) is 0 Å². The maximum atomic E-state index is 12.6. The molecule has 0 aliphatic heterocycles. The molecule has 1 saturated carbocycles. The standard InChI is InChI=1S/C14H17N3O2.C8H5FN2O/c15-9-1-3-10(4-2-9)19-11-5-6-12-13(7-11)16-8-17-14(12)18;9-5-1-2-6-7(3-5)10-4-11-8(6)12/h5-10H,1-4,15H2,(H,16,17,18);1-4H,(H,10,11,12). The van der Waals surface area contributed by atoms with E-state index in [4.69, 9.17) is 10.5 Å². The molecule has 0 atom stereocenters. The first-order chi connectivity index (χ1) is 15.0. The quantitative estimate of drug-likeness (QED) is 0.455. The Morgan fingerprint density at radius 2 is 1.45 bits per heavy atom. The summed E-state index contributed by atoms with van der Waals surface area (Å²) >= 11 is 0. The predicted molar refractivity (Wildman–Crippen MR) is 116 cm³/mol. The van der Waals surface area contributed by atoms with Gasteiger partial charge in [-0.2, -0.15) is 0 Å². The molecule has 9 heteroatoms. The highest BCUT2D eigenvalue weighted by molar-refractivity contribution is 5.78. The van der Waals surface area contributed by atoms with Crippen molar-refractivity contribution in [1.29, 1.82) is 0 Å². The monoisotopic (exact) mass is 423 g/mol. The lowest BCUT2D eigenvalue weighted by Crippen LogP contribution is -2.31. The first kappa shape index (κ1) is 20.7. The van der Waals surface area contributed by atoms with Crippen molar-refractivity contribution in [3.8, 4) is 5.75 Å². The minimum absolute atomic E-state index is 0.125. The van der Waals surface area contributed by atoms with E-state index in [0.717, 1.165) is 31.4 Å². The number of ether oxygens (including phenoxy) is 1. The highest BCUT2D eigenvalue weighted by atomic mass is 19.1. The van der Waals surface area contributed by atoms with Crippen molar-refractivity contribution in [3.63, 3.8) is 0 Å². The van der Waals surface area contributed by atoms with Crippen LogP contribution in [0.1, 0.15) is 25.7 Å². The lowest BCUT2D eigenvalue weighted by atomic mass is 9.94. The number of aromatic amines is 2. The number of benzene rings is 2. The van der Waals surface area contributed by atoms with Gasteiger partial charge < -0.3 is 20.4 Å². The highest BCUT2D eigenvalue weighted by Crippen LogP contribution is 2.24. The second-order valence-electron chi connectivity index (χ2n) is 7.46. The first-order valence-corrected chi connectivity index (χ1v) is 10.0. The van der Waals surface area contributed by atoms with Gasteiger partial charge in [0, 0.05) is 18.2 Å². The van der Waals surface area contributed by atoms with Crippen LogP contribution < -0.4 is 21.6 Å². The number of aromatic nitrogens is 4. The number of nitrogens with two attached hydrogens (primary N) is 1. The van der Waals surface area contributed by atoms with Gasteiger partial charge in [0.15, 0.2) is 0 Å². The van der Waals surface area contributed by atoms with Gasteiger partial charge in [0.1, 0.15) is 11.6 Å². The van der Waals surface area contributed by atoms with Crippen molar-refractivity contribution >= 4 is 21.8 Å². The third-order valence-corrected chi connectivity index (χ3v) is 5.24. The molecule has 1 fully saturated rings. The van der Waals surface area contributed by atoms with E-state index in [1.165, 1.54) is 30.9 Å². The molecule has 4 N–H and O–H groups in total. The first-order valence-electron chi connectivity index (χ1n) is 10.0. The summed E-state index contributed by atoms with van der Waals surface area (Å²) < 4.78 is 18.6. The molecule has 0 saturated heterocycles. The van der Waals surface area contributed by atoms with Crippen LogP contribution in [0.4, 0.5) is 4.39 Å². The van der Waals surface area contributed by atoms with Gasteiger partial charge in [-0.15, -0.1) is 0 Å². The van der Waals surface area contributed by atoms with E-state index in [1.807, 2.05) is 12.1 Å². The number of nitrogens with one attached hydrogen (secondary N) is 2. The van der Waals surface area contributed by atoms with Crippen molar-refractivity contribution in [1.82, 2.24) is 19.9 Å². The molecular formula is C22H22FN5O3. The summed E-state index contributed by atoms with van der Waals surface area (Å²) in [6.07, 6.45) is 6.88. The Morgan fingerprint density at radius 3 is 2.10 bits per heavy atom. The summed E-state index contributed by atoms with van der Waals surface area (Å²) in [7, 11) is 0. The van der Waals surface area contributed by atoms with Gasteiger partial charge in [-0.25, -0.2) is 14.4 Å². The second-order valence-corrected chi connectivity index (χ2v) is 7.46. The summed E-state index contributed by atoms with van der Waals surface area (Å²) in [6.45, 7) is 0. The molecule has 0 bridgehead atoms. The van der Waals surface area contributed by atoms with Crippen molar-refractivity contribution in [3.05, 3.63) is 75.6 Å². The number of fused-ring (bicyclic) bond motifs is 2. The molecule has 0 amide bonds. The summed E-state index contributed by atoms with van der Waals surface area (Å²) in [5, 5.41) is 0.986. The fourth-order valence-corrected chi connectivity index (χ4v) is 3.56. The van der Waals surface area contributed by atoms with Gasteiger partial charge in [0.25, 0.3) is 11.1 Å². The molecule has 31 heavy (non-hydrogen) atoms. The van der Waals surface area contributed by atoms with E-state index < -0.39 is 0 Å². The Kier molecular flexibility index (Phi) is 6.03. The van der Waals surface area contributed by atoms with Crippen LogP contribution in [0.15, 0.2) is 58.6 Å². The molecule has 2 heterocycles. The minimum atomic E-state index is -0.388. The lowest BCUT2D eigenvalue weighted by molar-refractivity contribution is 0.147. The molecular weight excluding hydrogens is 401 g/mol. The van der Waals surface area contributed by atoms with Crippen molar-refractivity contribution < 1.29 is 9.13 Å². The molecule has 0 spiro atoms. The largest absolute Gasteiger partial charge is 0.490 e. The molecule has 2 aromatic carbocycles. The van der Waals surface area contributed by atoms with Gasteiger partial charge in [-0.05, 0) is 49.9 Å². The lowest BCUT2D eigenvalue weighted by Gasteiger charge is -2.26. The molecule has 1 aliphatic carbocycles. The summed E-state index contributed by atoms with van der Waals surface area (Å²) in [6, 6.07) is 9.59. The number of rotatable bonds is 2. The van der Waals surface area contributed by atoms with Crippen molar-refractivity contribution in [2.75, 3.05) is 0 Å². The van der Waals surface area contributed by atoms with E-state index in [-0.39, 0.29) is 23.0 Å². The van der Waals surface area contributed by atoms with Crippen LogP contribution in [-0.4, -0.2) is 32.1 Å². The third kappa shape index (κ3) is 4.95. The number of hydrogen-bond acceptors (Lipinski definition) is 6. The van der Waals surface area contributed by atoms with Gasteiger partial charge in [-0.3, -0.25) is 9.59 Å². The van der Waals surface area contributed by atoms with Crippen LogP contribution in [-0.2, 0) is 0 Å². The summed E-state index contributed by atoms with van der Waals surface area (Å²) in [5.41, 5.74) is 6.54. The zero-order chi connectivity index (χ0) is 21.8. The van der Waals surface area contributed by atoms with E-state index in [9.17, 15) is 14.0 Å². The number of H-pyrrole nitrogens is 2. The SMILES string of the molecule is NC1CCC(Oc2ccc3c(=O)[nH]cnc3c2)CC1.O=c1[nH]cnc2cc(F)ccc12. The Bertz CT molecular complexity index is 1310. The van der Waals surface area contributed by atoms with Crippen LogP contribution in [0, 0.1) is 5.82 Å². The average Bonchev–Trinajstić information content (AvgIpc) is 2.76. The highest BCUT2D eigenvalue weighted by Gasteiger charge is 2.19. The maximum Gasteiger partial charge on any atom is 0.258 e. The molecule has 1 aliphatic rings. The summed E-state index contributed by atoms with van der Waals surface area (Å²) in [4.78, 5) is 35.6. The molecule has 0 unspecified atom stereocenters. The van der Waals surface area contributed by atoms with Crippen molar-refractivity contribution in [2.24, 2.45) is 5.73 Å². The van der Waals surface area contributed by atoms with Crippen LogP contribution in [0.2, 0.25) is 0 Å². The van der Waals surface area contributed by atoms with Crippen LogP contribution in [0.5, 0.6) is 5.75 Å². The number of nitrogens with zero attached hydrogens (tertiary/aromatic N) is 2. The maximum absolute atomic E-state index is 12.6. The molecule has 0 radical (unpaired) electrons. The van der Waals surface area contributed by atoms with Gasteiger partial charge >= 0.3 is 0 Å². The van der Waals surface area contributed by atoms with Crippen molar-refractivity contribution in [2.45, 2.75) is 37.8 Å².